The van der Waals surface area contributed by atoms with Crippen molar-refractivity contribution in [3.63, 3.8) is 0 Å². The van der Waals surface area contributed by atoms with E-state index in [0.717, 1.165) is 18.5 Å². The summed E-state index contributed by atoms with van der Waals surface area (Å²) < 4.78 is 26.8. The van der Waals surface area contributed by atoms with E-state index in [4.69, 9.17) is 0 Å². The Labute approximate surface area is 147 Å². The van der Waals surface area contributed by atoms with Crippen LogP contribution < -0.4 is 4.72 Å². The maximum absolute atomic E-state index is 12.5. The van der Waals surface area contributed by atoms with Gasteiger partial charge < -0.3 is 4.90 Å². The summed E-state index contributed by atoms with van der Waals surface area (Å²) in [5, 5.41) is 0. The smallest absolute Gasteiger partial charge is 0.240 e. The number of hydrogen-bond acceptors (Lipinski definition) is 4. The second-order valence-electron chi connectivity index (χ2n) is 5.96. The van der Waals surface area contributed by atoms with Gasteiger partial charge in [-0.3, -0.25) is 9.78 Å². The minimum Gasteiger partial charge on any atom is -0.334 e. The molecule has 1 aliphatic heterocycles. The lowest BCUT2D eigenvalue weighted by Gasteiger charge is -2.24. The highest BCUT2D eigenvalue weighted by atomic mass is 32.2. The van der Waals surface area contributed by atoms with Crippen LogP contribution in [-0.2, 0) is 14.8 Å². The van der Waals surface area contributed by atoms with Crippen molar-refractivity contribution in [2.45, 2.75) is 30.2 Å². The molecule has 7 heteroatoms. The molecule has 1 atom stereocenters. The van der Waals surface area contributed by atoms with Crippen molar-refractivity contribution in [1.82, 2.24) is 14.6 Å². The number of nitrogens with zero attached hydrogens (tertiary/aromatic N) is 2. The van der Waals surface area contributed by atoms with Crippen molar-refractivity contribution in [2.24, 2.45) is 0 Å². The van der Waals surface area contributed by atoms with Crippen molar-refractivity contribution in [3.8, 4) is 0 Å². The molecule has 0 unspecified atom stereocenters. The Bertz CT molecular complexity index is 810. The number of hydrogen-bond donors (Lipinski definition) is 1. The van der Waals surface area contributed by atoms with Gasteiger partial charge in [-0.05, 0) is 37.1 Å². The van der Waals surface area contributed by atoms with Crippen LogP contribution in [-0.4, -0.2) is 37.3 Å². The SMILES string of the molecule is O=C(CCNS(=O)(=O)c1ccccc1)N1CCC[C@@H]1c1ccccn1. The summed E-state index contributed by atoms with van der Waals surface area (Å²) in [5.41, 5.74) is 0.887. The fourth-order valence-electron chi connectivity index (χ4n) is 3.06. The Kier molecular flexibility index (Phi) is 5.45. The first-order valence-electron chi connectivity index (χ1n) is 8.33. The quantitative estimate of drug-likeness (QED) is 0.857. The van der Waals surface area contributed by atoms with E-state index in [1.807, 2.05) is 18.2 Å². The maximum Gasteiger partial charge on any atom is 0.240 e. The van der Waals surface area contributed by atoms with Gasteiger partial charge in [-0.25, -0.2) is 13.1 Å². The molecule has 1 N–H and O–H groups in total. The van der Waals surface area contributed by atoms with Gasteiger partial charge in [-0.15, -0.1) is 0 Å². The number of rotatable bonds is 6. The Hall–Kier alpha value is -2.25. The molecule has 1 aromatic carbocycles. The molecule has 0 spiro atoms. The van der Waals surface area contributed by atoms with Crippen molar-refractivity contribution >= 4 is 15.9 Å². The van der Waals surface area contributed by atoms with Gasteiger partial charge in [0.2, 0.25) is 15.9 Å². The zero-order valence-corrected chi connectivity index (χ0v) is 14.7. The van der Waals surface area contributed by atoms with Crippen molar-refractivity contribution in [2.75, 3.05) is 13.1 Å². The molecule has 6 nitrogen and oxygen atoms in total. The molecule has 2 aromatic rings. The number of benzene rings is 1. The average Bonchev–Trinajstić information content (AvgIpc) is 3.13. The summed E-state index contributed by atoms with van der Waals surface area (Å²) in [6.07, 6.45) is 3.68. The summed E-state index contributed by atoms with van der Waals surface area (Å²) in [5.74, 6) is -0.0519. The lowest BCUT2D eigenvalue weighted by atomic mass is 10.1. The molecule has 3 rings (SSSR count). The monoisotopic (exact) mass is 359 g/mol. The third-order valence-electron chi connectivity index (χ3n) is 4.29. The van der Waals surface area contributed by atoms with E-state index in [-0.39, 0.29) is 29.8 Å². The van der Waals surface area contributed by atoms with Crippen LogP contribution in [0.2, 0.25) is 0 Å². The first-order chi connectivity index (χ1) is 12.1. The van der Waals surface area contributed by atoms with Crippen LogP contribution >= 0.6 is 0 Å². The Morgan fingerprint density at radius 1 is 1.16 bits per heavy atom. The number of pyridine rings is 1. The summed E-state index contributed by atoms with van der Waals surface area (Å²) in [6.45, 7) is 0.771. The molecular formula is C18H21N3O3S. The predicted molar refractivity (Wildman–Crippen MR) is 94.2 cm³/mol. The zero-order chi connectivity index (χ0) is 17.7. The van der Waals surface area contributed by atoms with Crippen molar-refractivity contribution < 1.29 is 13.2 Å². The Morgan fingerprint density at radius 2 is 1.92 bits per heavy atom. The van der Waals surface area contributed by atoms with E-state index in [0.29, 0.717) is 6.54 Å². The maximum atomic E-state index is 12.5. The molecule has 132 valence electrons. The van der Waals surface area contributed by atoms with Gasteiger partial charge >= 0.3 is 0 Å². The first-order valence-corrected chi connectivity index (χ1v) is 9.81. The van der Waals surface area contributed by atoms with Crippen LogP contribution in [0.5, 0.6) is 0 Å². The topological polar surface area (TPSA) is 79.4 Å². The molecule has 1 fully saturated rings. The molecule has 25 heavy (non-hydrogen) atoms. The van der Waals surface area contributed by atoms with Gasteiger partial charge in [0.25, 0.3) is 0 Å². The third kappa shape index (κ3) is 4.24. The van der Waals surface area contributed by atoms with Gasteiger partial charge in [0.1, 0.15) is 0 Å². The van der Waals surface area contributed by atoms with Gasteiger partial charge in [0.05, 0.1) is 16.6 Å². The van der Waals surface area contributed by atoms with Gasteiger partial charge in [-0.1, -0.05) is 24.3 Å². The zero-order valence-electron chi connectivity index (χ0n) is 13.8. The Balaban J connectivity index is 1.57. The first kappa shape index (κ1) is 17.6. The molecule has 0 bridgehead atoms. The van der Waals surface area contributed by atoms with E-state index in [1.165, 1.54) is 12.1 Å². The summed E-state index contributed by atoms with van der Waals surface area (Å²) in [4.78, 5) is 18.9. The van der Waals surface area contributed by atoms with Crippen LogP contribution in [0.15, 0.2) is 59.6 Å². The van der Waals surface area contributed by atoms with Crippen LogP contribution in [0.3, 0.4) is 0 Å². The standard InChI is InChI=1S/C18H21N3O3S/c22-18(11-13-20-25(23,24)15-7-2-1-3-8-15)21-14-6-10-17(21)16-9-4-5-12-19-16/h1-5,7-9,12,17,20H,6,10-11,13-14H2/t17-/m1/s1. The second-order valence-corrected chi connectivity index (χ2v) is 7.73. The lowest BCUT2D eigenvalue weighted by Crippen LogP contribution is -2.34. The molecule has 1 saturated heterocycles. The largest absolute Gasteiger partial charge is 0.334 e. The number of carbonyl (C=O) groups excluding carboxylic acids is 1. The van der Waals surface area contributed by atoms with E-state index in [1.54, 1.807) is 29.3 Å². The van der Waals surface area contributed by atoms with Gasteiger partial charge in [-0.2, -0.15) is 0 Å². The molecule has 1 amide bonds. The molecule has 0 saturated carbocycles. The van der Waals surface area contributed by atoms with Crippen LogP contribution in [0.25, 0.3) is 0 Å². The second kappa shape index (κ2) is 7.76. The Morgan fingerprint density at radius 3 is 2.64 bits per heavy atom. The minimum absolute atomic E-state index is 0.0144. The molecule has 2 heterocycles. The highest BCUT2D eigenvalue weighted by Crippen LogP contribution is 2.30. The van der Waals surface area contributed by atoms with E-state index in [2.05, 4.69) is 9.71 Å². The molecule has 0 aliphatic carbocycles. The van der Waals surface area contributed by atoms with Crippen LogP contribution in [0.4, 0.5) is 0 Å². The molecule has 1 aromatic heterocycles. The summed E-state index contributed by atoms with van der Waals surface area (Å²) in [7, 11) is -3.58. The highest BCUT2D eigenvalue weighted by molar-refractivity contribution is 7.89. The molecular weight excluding hydrogens is 338 g/mol. The number of sulfonamides is 1. The summed E-state index contributed by atoms with van der Waals surface area (Å²) >= 11 is 0. The molecule has 0 radical (unpaired) electrons. The van der Waals surface area contributed by atoms with E-state index < -0.39 is 10.0 Å². The van der Waals surface area contributed by atoms with Crippen molar-refractivity contribution in [1.29, 1.82) is 0 Å². The van der Waals surface area contributed by atoms with E-state index in [9.17, 15) is 13.2 Å². The third-order valence-corrected chi connectivity index (χ3v) is 5.76. The van der Waals surface area contributed by atoms with Crippen LogP contribution in [0, 0.1) is 0 Å². The highest BCUT2D eigenvalue weighted by Gasteiger charge is 2.30. The number of amides is 1. The predicted octanol–water partition coefficient (Wildman–Crippen LogP) is 2.11. The average molecular weight is 359 g/mol. The minimum atomic E-state index is -3.58. The number of aromatic nitrogens is 1. The molecule has 1 aliphatic rings. The fraction of sp³-hybridized carbons (Fsp3) is 0.333. The normalized spacial score (nSPS) is 17.6. The summed E-state index contributed by atoms with van der Waals surface area (Å²) in [6, 6.07) is 13.8. The van der Waals surface area contributed by atoms with Crippen LogP contribution in [0.1, 0.15) is 31.0 Å². The van der Waals surface area contributed by atoms with Gasteiger partial charge in [0, 0.05) is 25.7 Å². The number of nitrogens with one attached hydrogen (secondary N) is 1. The fourth-order valence-corrected chi connectivity index (χ4v) is 4.12. The van der Waals surface area contributed by atoms with Crippen molar-refractivity contribution in [3.05, 3.63) is 60.4 Å². The lowest BCUT2D eigenvalue weighted by molar-refractivity contribution is -0.132. The number of carbonyl (C=O) groups is 1. The van der Waals surface area contributed by atoms with Gasteiger partial charge in [0.15, 0.2) is 0 Å². The number of likely N-dealkylation sites (tertiary alicyclic amines) is 1. The van der Waals surface area contributed by atoms with E-state index >= 15 is 0 Å².